The Morgan fingerprint density at radius 1 is 1.14 bits per heavy atom. The number of hydrogen-bond donors (Lipinski definition) is 1. The van der Waals surface area contributed by atoms with Gasteiger partial charge >= 0.3 is 5.56 Å². The summed E-state index contributed by atoms with van der Waals surface area (Å²) in [7, 11) is 0. The summed E-state index contributed by atoms with van der Waals surface area (Å²) < 4.78 is 30.4. The largest absolute Gasteiger partial charge is 0.477 e. The third kappa shape index (κ3) is 3.10. The molecular formula is C20H13ClF2N3O2+. The van der Waals surface area contributed by atoms with Gasteiger partial charge in [0, 0.05) is 29.5 Å². The summed E-state index contributed by atoms with van der Waals surface area (Å²) in [5, 5.41) is 11.2. The van der Waals surface area contributed by atoms with Crippen LogP contribution in [0.25, 0.3) is 16.8 Å². The summed E-state index contributed by atoms with van der Waals surface area (Å²) in [6.07, 6.45) is 3.05. The van der Waals surface area contributed by atoms with Crippen LogP contribution in [0.5, 0.6) is 5.88 Å². The highest BCUT2D eigenvalue weighted by Crippen LogP contribution is 2.26. The van der Waals surface area contributed by atoms with Gasteiger partial charge in [0.05, 0.1) is 6.20 Å². The Kier molecular flexibility index (Phi) is 4.52. The topological polar surface area (TPSA) is 58.5 Å². The highest BCUT2D eigenvalue weighted by molar-refractivity contribution is 6.29. The monoisotopic (exact) mass is 400 g/mol. The van der Waals surface area contributed by atoms with Crippen molar-refractivity contribution in [1.82, 2.24) is 9.38 Å². The van der Waals surface area contributed by atoms with Crippen molar-refractivity contribution in [2.45, 2.75) is 6.54 Å². The zero-order valence-electron chi connectivity index (χ0n) is 14.3. The molecule has 3 aromatic heterocycles. The van der Waals surface area contributed by atoms with Crippen molar-refractivity contribution in [2.75, 3.05) is 0 Å². The van der Waals surface area contributed by atoms with E-state index in [9.17, 15) is 18.7 Å². The van der Waals surface area contributed by atoms with Crippen LogP contribution >= 0.6 is 11.6 Å². The van der Waals surface area contributed by atoms with Crippen LogP contribution in [0.1, 0.15) is 5.56 Å². The first-order valence-electron chi connectivity index (χ1n) is 8.27. The molecule has 0 unspecified atom stereocenters. The van der Waals surface area contributed by atoms with Gasteiger partial charge in [-0.15, -0.1) is 0 Å². The Morgan fingerprint density at radius 3 is 2.68 bits per heavy atom. The van der Waals surface area contributed by atoms with Crippen molar-refractivity contribution in [3.8, 4) is 17.0 Å². The molecule has 0 aliphatic carbocycles. The zero-order valence-corrected chi connectivity index (χ0v) is 15.1. The van der Waals surface area contributed by atoms with Gasteiger partial charge in [-0.25, -0.2) is 18.6 Å². The molecule has 0 atom stereocenters. The fourth-order valence-electron chi connectivity index (χ4n) is 3.05. The van der Waals surface area contributed by atoms with E-state index in [1.165, 1.54) is 21.4 Å². The SMILES string of the molecule is O=c1c(-c2ccc(F)cc2F)c(O)[n+](Cc2ccc(Cl)nc2)c2ccccn12. The molecule has 0 spiro atoms. The number of nitrogens with zero attached hydrogens (tertiary/aromatic N) is 3. The molecule has 1 aromatic carbocycles. The van der Waals surface area contributed by atoms with Gasteiger partial charge in [0.15, 0.2) is 5.56 Å². The molecule has 0 bridgehead atoms. The summed E-state index contributed by atoms with van der Waals surface area (Å²) in [6, 6.07) is 11.2. The minimum atomic E-state index is -0.942. The lowest BCUT2D eigenvalue weighted by atomic mass is 10.1. The summed E-state index contributed by atoms with van der Waals surface area (Å²) in [5.74, 6) is -2.15. The Balaban J connectivity index is 2.01. The van der Waals surface area contributed by atoms with Gasteiger partial charge in [0.1, 0.15) is 23.3 Å². The van der Waals surface area contributed by atoms with Gasteiger partial charge in [-0.05, 0) is 24.3 Å². The van der Waals surface area contributed by atoms with Crippen LogP contribution in [0.4, 0.5) is 8.78 Å². The highest BCUT2D eigenvalue weighted by Gasteiger charge is 2.27. The van der Waals surface area contributed by atoms with Crippen LogP contribution in [-0.2, 0) is 6.54 Å². The Bertz CT molecular complexity index is 1260. The molecule has 3 heterocycles. The number of halogens is 3. The fraction of sp³-hybridized carbons (Fsp3) is 0.0500. The molecular weight excluding hydrogens is 388 g/mol. The second-order valence-electron chi connectivity index (χ2n) is 6.13. The van der Waals surface area contributed by atoms with E-state index in [2.05, 4.69) is 4.98 Å². The van der Waals surface area contributed by atoms with Crippen LogP contribution in [0.15, 0.2) is 65.7 Å². The molecule has 0 aliphatic rings. The van der Waals surface area contributed by atoms with Crippen molar-refractivity contribution in [1.29, 1.82) is 0 Å². The molecule has 28 heavy (non-hydrogen) atoms. The summed E-state index contributed by atoms with van der Waals surface area (Å²) in [4.78, 5) is 16.9. The second-order valence-corrected chi connectivity index (χ2v) is 6.52. The van der Waals surface area contributed by atoms with Gasteiger partial charge in [-0.3, -0.25) is 0 Å². The molecule has 4 rings (SSSR count). The lowest BCUT2D eigenvalue weighted by Gasteiger charge is -2.10. The maximum Gasteiger partial charge on any atom is 0.354 e. The predicted molar refractivity (Wildman–Crippen MR) is 99.2 cm³/mol. The first kappa shape index (κ1) is 18.1. The minimum absolute atomic E-state index is 0.152. The van der Waals surface area contributed by atoms with E-state index < -0.39 is 23.1 Å². The number of fused-ring (bicyclic) bond motifs is 1. The normalized spacial score (nSPS) is 11.1. The number of aromatic nitrogens is 3. The van der Waals surface area contributed by atoms with Crippen molar-refractivity contribution in [3.63, 3.8) is 0 Å². The van der Waals surface area contributed by atoms with Crippen LogP contribution in [-0.4, -0.2) is 14.5 Å². The molecule has 0 aliphatic heterocycles. The van der Waals surface area contributed by atoms with Crippen molar-refractivity contribution in [3.05, 3.63) is 93.6 Å². The van der Waals surface area contributed by atoms with E-state index in [0.29, 0.717) is 22.4 Å². The smallest absolute Gasteiger partial charge is 0.354 e. The first-order chi connectivity index (χ1) is 13.5. The van der Waals surface area contributed by atoms with Gasteiger partial charge in [-0.2, -0.15) is 8.97 Å². The molecule has 0 radical (unpaired) electrons. The number of benzene rings is 1. The third-order valence-corrected chi connectivity index (χ3v) is 4.58. The van der Waals surface area contributed by atoms with E-state index in [0.717, 1.165) is 12.1 Å². The maximum absolute atomic E-state index is 14.4. The van der Waals surface area contributed by atoms with Gasteiger partial charge in [0.2, 0.25) is 0 Å². The number of rotatable bonds is 3. The van der Waals surface area contributed by atoms with E-state index >= 15 is 0 Å². The molecule has 0 saturated heterocycles. The van der Waals surface area contributed by atoms with Crippen LogP contribution in [0.2, 0.25) is 5.15 Å². The fourth-order valence-corrected chi connectivity index (χ4v) is 3.16. The number of aromatic hydroxyl groups is 1. The molecule has 1 N–H and O–H groups in total. The van der Waals surface area contributed by atoms with E-state index in [1.54, 1.807) is 30.3 Å². The summed E-state index contributed by atoms with van der Waals surface area (Å²) >= 11 is 5.81. The molecule has 0 amide bonds. The molecule has 5 nitrogen and oxygen atoms in total. The third-order valence-electron chi connectivity index (χ3n) is 4.36. The molecule has 0 fully saturated rings. The number of pyridine rings is 2. The lowest BCUT2D eigenvalue weighted by molar-refractivity contribution is -0.671. The average Bonchev–Trinajstić information content (AvgIpc) is 2.68. The van der Waals surface area contributed by atoms with Crippen LogP contribution in [0.3, 0.4) is 0 Å². The maximum atomic E-state index is 14.4. The number of hydrogen-bond acceptors (Lipinski definition) is 3. The van der Waals surface area contributed by atoms with Gasteiger partial charge < -0.3 is 5.11 Å². The highest BCUT2D eigenvalue weighted by atomic mass is 35.5. The summed E-state index contributed by atoms with van der Waals surface area (Å²) in [6.45, 7) is 0.152. The standard InChI is InChI=1S/C20H12ClF2N3O2/c21-16-7-4-12(10-24-16)11-26-17-3-1-2-8-25(17)19(27)18(20(26)28)14-6-5-13(22)9-15(14)23/h1-10H,11H2/p+1. The summed E-state index contributed by atoms with van der Waals surface area (Å²) in [5.41, 5.74) is 0.0307. The van der Waals surface area contributed by atoms with E-state index in [1.807, 2.05) is 0 Å². The molecule has 0 saturated carbocycles. The van der Waals surface area contributed by atoms with Crippen LogP contribution < -0.4 is 10.1 Å². The first-order valence-corrected chi connectivity index (χ1v) is 8.65. The van der Waals surface area contributed by atoms with Gasteiger partial charge in [0.25, 0.3) is 11.5 Å². The van der Waals surface area contributed by atoms with E-state index in [-0.39, 0.29) is 17.7 Å². The zero-order chi connectivity index (χ0) is 19.8. The molecule has 8 heteroatoms. The molecule has 140 valence electrons. The predicted octanol–water partition coefficient (Wildman–Crippen LogP) is 3.33. The van der Waals surface area contributed by atoms with Crippen LogP contribution in [0, 0.1) is 11.6 Å². The Labute approximate surface area is 162 Å². The van der Waals surface area contributed by atoms with Gasteiger partial charge in [-0.1, -0.05) is 23.7 Å². The second kappa shape index (κ2) is 7.01. The average molecular weight is 401 g/mol. The minimum Gasteiger partial charge on any atom is -0.477 e. The molecule has 4 aromatic rings. The van der Waals surface area contributed by atoms with E-state index in [4.69, 9.17) is 11.6 Å². The van der Waals surface area contributed by atoms with Crippen molar-refractivity contribution in [2.24, 2.45) is 0 Å². The van der Waals surface area contributed by atoms with Crippen molar-refractivity contribution < 1.29 is 18.5 Å². The van der Waals surface area contributed by atoms with Crippen molar-refractivity contribution >= 4 is 17.2 Å². The quantitative estimate of drug-likeness (QED) is 0.424. The Hall–Kier alpha value is -3.32. The lowest BCUT2D eigenvalue weighted by Crippen LogP contribution is -2.41. The Morgan fingerprint density at radius 2 is 1.96 bits per heavy atom.